The Morgan fingerprint density at radius 3 is 2.71 bits per heavy atom. The van der Waals surface area contributed by atoms with E-state index in [-0.39, 0.29) is 18.0 Å². The molecule has 0 radical (unpaired) electrons. The van der Waals surface area contributed by atoms with Crippen molar-refractivity contribution in [3.05, 3.63) is 59.8 Å². The fourth-order valence-corrected chi connectivity index (χ4v) is 2.82. The SMILES string of the molecule is C=CCN1CC2=C(C1=O)[C@@H](c1ccccc1)NC(=O)N2C. The summed E-state index contributed by atoms with van der Waals surface area (Å²) in [4.78, 5) is 28.0. The molecule has 2 heterocycles. The molecule has 1 aromatic rings. The Morgan fingerprint density at radius 1 is 1.33 bits per heavy atom. The number of nitrogens with zero attached hydrogens (tertiary/aromatic N) is 2. The van der Waals surface area contributed by atoms with Gasteiger partial charge < -0.3 is 10.2 Å². The van der Waals surface area contributed by atoms with Gasteiger partial charge in [0.25, 0.3) is 5.91 Å². The van der Waals surface area contributed by atoms with Crippen molar-refractivity contribution in [2.45, 2.75) is 6.04 Å². The van der Waals surface area contributed by atoms with Gasteiger partial charge in [0.2, 0.25) is 0 Å². The molecule has 2 aliphatic rings. The third-order valence-corrected chi connectivity index (χ3v) is 3.92. The first-order valence-electron chi connectivity index (χ1n) is 6.86. The van der Waals surface area contributed by atoms with Gasteiger partial charge in [0, 0.05) is 13.6 Å². The first kappa shape index (κ1) is 13.4. The zero-order chi connectivity index (χ0) is 15.0. The second-order valence-electron chi connectivity index (χ2n) is 5.19. The second-order valence-corrected chi connectivity index (χ2v) is 5.19. The monoisotopic (exact) mass is 283 g/mol. The predicted octanol–water partition coefficient (Wildman–Crippen LogP) is 1.66. The lowest BCUT2D eigenvalue weighted by Gasteiger charge is -2.31. The van der Waals surface area contributed by atoms with Gasteiger partial charge in [0.1, 0.15) is 0 Å². The van der Waals surface area contributed by atoms with Gasteiger partial charge in [-0.15, -0.1) is 6.58 Å². The van der Waals surface area contributed by atoms with Gasteiger partial charge in [-0.2, -0.15) is 0 Å². The number of likely N-dealkylation sites (N-methyl/N-ethyl adjacent to an activating group) is 1. The number of carbonyl (C=O) groups is 2. The van der Waals surface area contributed by atoms with Crippen molar-refractivity contribution in [3.8, 4) is 0 Å². The third-order valence-electron chi connectivity index (χ3n) is 3.92. The average molecular weight is 283 g/mol. The summed E-state index contributed by atoms with van der Waals surface area (Å²) in [7, 11) is 1.69. The van der Waals surface area contributed by atoms with Crippen molar-refractivity contribution >= 4 is 11.9 Å². The van der Waals surface area contributed by atoms with Gasteiger partial charge in [-0.25, -0.2) is 4.79 Å². The highest BCUT2D eigenvalue weighted by Crippen LogP contribution is 2.35. The third kappa shape index (κ3) is 2.11. The van der Waals surface area contributed by atoms with Crippen LogP contribution in [-0.4, -0.2) is 41.9 Å². The number of hydrogen-bond acceptors (Lipinski definition) is 2. The molecule has 0 saturated heterocycles. The van der Waals surface area contributed by atoms with Gasteiger partial charge in [-0.3, -0.25) is 9.69 Å². The van der Waals surface area contributed by atoms with E-state index < -0.39 is 0 Å². The standard InChI is InChI=1S/C16H17N3O2/c1-3-9-19-10-12-13(15(19)20)14(17-16(21)18(12)2)11-7-5-4-6-8-11/h3-8,14H,1,9-10H2,2H3,(H,17,21)/t14-/m1/s1. The molecule has 21 heavy (non-hydrogen) atoms. The Hall–Kier alpha value is -2.56. The molecule has 0 spiro atoms. The normalized spacial score (nSPS) is 21.5. The zero-order valence-electron chi connectivity index (χ0n) is 11.9. The van der Waals surface area contributed by atoms with Crippen molar-refractivity contribution < 1.29 is 9.59 Å². The molecule has 0 aliphatic carbocycles. The van der Waals surface area contributed by atoms with Gasteiger partial charge in [0.15, 0.2) is 0 Å². The number of carbonyl (C=O) groups excluding carboxylic acids is 2. The summed E-state index contributed by atoms with van der Waals surface area (Å²) < 4.78 is 0. The number of urea groups is 1. The predicted molar refractivity (Wildman–Crippen MR) is 79.3 cm³/mol. The van der Waals surface area contributed by atoms with Crippen LogP contribution in [0.15, 0.2) is 54.3 Å². The highest BCUT2D eigenvalue weighted by Gasteiger charge is 2.42. The maximum Gasteiger partial charge on any atom is 0.322 e. The molecule has 3 rings (SSSR count). The number of nitrogens with one attached hydrogen (secondary N) is 1. The molecule has 1 aromatic carbocycles. The van der Waals surface area contributed by atoms with Crippen LogP contribution >= 0.6 is 0 Å². The number of amides is 3. The van der Waals surface area contributed by atoms with E-state index in [1.165, 1.54) is 4.90 Å². The van der Waals surface area contributed by atoms with Crippen LogP contribution in [0, 0.1) is 0 Å². The van der Waals surface area contributed by atoms with Crippen LogP contribution < -0.4 is 5.32 Å². The second kappa shape index (κ2) is 5.09. The lowest BCUT2D eigenvalue weighted by Crippen LogP contribution is -2.45. The van der Waals surface area contributed by atoms with Gasteiger partial charge in [0.05, 0.1) is 23.9 Å². The Balaban J connectivity index is 2.04. The summed E-state index contributed by atoms with van der Waals surface area (Å²) in [6, 6.07) is 9.00. The van der Waals surface area contributed by atoms with E-state index in [0.29, 0.717) is 18.7 Å². The first-order valence-corrected chi connectivity index (χ1v) is 6.86. The molecule has 1 atom stereocenters. The fraction of sp³-hybridized carbons (Fsp3) is 0.250. The lowest BCUT2D eigenvalue weighted by molar-refractivity contribution is -0.125. The average Bonchev–Trinajstić information content (AvgIpc) is 2.82. The van der Waals surface area contributed by atoms with Crippen molar-refractivity contribution in [1.82, 2.24) is 15.1 Å². The molecule has 0 aromatic heterocycles. The van der Waals surface area contributed by atoms with Crippen LogP contribution in [0.1, 0.15) is 11.6 Å². The van der Waals surface area contributed by atoms with Crippen molar-refractivity contribution in [3.63, 3.8) is 0 Å². The molecule has 0 fully saturated rings. The van der Waals surface area contributed by atoms with Crippen LogP contribution in [0.2, 0.25) is 0 Å². The molecule has 0 bridgehead atoms. The molecule has 0 unspecified atom stereocenters. The molecule has 0 saturated carbocycles. The summed E-state index contributed by atoms with van der Waals surface area (Å²) in [5, 5.41) is 2.90. The molecule has 2 aliphatic heterocycles. The largest absolute Gasteiger partial charge is 0.329 e. The smallest absolute Gasteiger partial charge is 0.322 e. The van der Waals surface area contributed by atoms with E-state index in [1.807, 2.05) is 30.3 Å². The minimum atomic E-state index is -0.382. The molecule has 5 nitrogen and oxygen atoms in total. The first-order chi connectivity index (χ1) is 10.1. The minimum absolute atomic E-state index is 0.0365. The summed E-state index contributed by atoms with van der Waals surface area (Å²) in [5.41, 5.74) is 2.35. The summed E-state index contributed by atoms with van der Waals surface area (Å²) in [6.45, 7) is 4.61. The van der Waals surface area contributed by atoms with Crippen molar-refractivity contribution in [1.29, 1.82) is 0 Å². The zero-order valence-corrected chi connectivity index (χ0v) is 11.9. The maximum atomic E-state index is 12.6. The Morgan fingerprint density at radius 2 is 2.05 bits per heavy atom. The summed E-state index contributed by atoms with van der Waals surface area (Å²) >= 11 is 0. The minimum Gasteiger partial charge on any atom is -0.329 e. The van der Waals surface area contributed by atoms with E-state index >= 15 is 0 Å². The highest BCUT2D eigenvalue weighted by atomic mass is 16.2. The van der Waals surface area contributed by atoms with Crippen LogP contribution in [0.5, 0.6) is 0 Å². The maximum absolute atomic E-state index is 12.6. The van der Waals surface area contributed by atoms with Crippen molar-refractivity contribution in [2.75, 3.05) is 20.1 Å². The molecule has 1 N–H and O–H groups in total. The Bertz CT molecular complexity index is 636. The van der Waals surface area contributed by atoms with Crippen molar-refractivity contribution in [2.24, 2.45) is 0 Å². The van der Waals surface area contributed by atoms with Gasteiger partial charge >= 0.3 is 6.03 Å². The van der Waals surface area contributed by atoms with E-state index in [9.17, 15) is 9.59 Å². The molecule has 108 valence electrons. The van der Waals surface area contributed by atoms with E-state index in [0.717, 1.165) is 11.3 Å². The Kier molecular flexibility index (Phi) is 3.25. The summed E-state index contributed by atoms with van der Waals surface area (Å²) in [5.74, 6) is -0.0365. The molecule has 5 heteroatoms. The molecular formula is C16H17N3O2. The number of benzene rings is 1. The fourth-order valence-electron chi connectivity index (χ4n) is 2.82. The quantitative estimate of drug-likeness (QED) is 0.858. The van der Waals surface area contributed by atoms with Gasteiger partial charge in [-0.05, 0) is 5.56 Å². The van der Waals surface area contributed by atoms with Crippen LogP contribution in [0.3, 0.4) is 0 Å². The van der Waals surface area contributed by atoms with E-state index in [2.05, 4.69) is 11.9 Å². The summed E-state index contributed by atoms with van der Waals surface area (Å²) in [6.07, 6.45) is 1.70. The Labute approximate surface area is 123 Å². The van der Waals surface area contributed by atoms with E-state index in [4.69, 9.17) is 0 Å². The lowest BCUT2D eigenvalue weighted by atomic mass is 9.96. The van der Waals surface area contributed by atoms with Crippen LogP contribution in [0.25, 0.3) is 0 Å². The topological polar surface area (TPSA) is 52.7 Å². The van der Waals surface area contributed by atoms with Crippen LogP contribution in [0.4, 0.5) is 4.79 Å². The van der Waals surface area contributed by atoms with E-state index in [1.54, 1.807) is 18.0 Å². The molecular weight excluding hydrogens is 266 g/mol. The number of rotatable bonds is 3. The van der Waals surface area contributed by atoms with Gasteiger partial charge in [-0.1, -0.05) is 36.4 Å². The molecule has 3 amide bonds. The van der Waals surface area contributed by atoms with Crippen LogP contribution in [-0.2, 0) is 4.79 Å². The highest BCUT2D eigenvalue weighted by molar-refractivity contribution is 6.01. The number of hydrogen-bond donors (Lipinski definition) is 1.